The minimum Gasteiger partial charge on any atom is -0.390 e. The summed E-state index contributed by atoms with van der Waals surface area (Å²) in [5.41, 5.74) is 2.62. The van der Waals surface area contributed by atoms with E-state index >= 15 is 0 Å². The Kier molecular flexibility index (Phi) is 3.81. The molecular formula is C17H19N3O2. The van der Waals surface area contributed by atoms with Crippen LogP contribution in [0.5, 0.6) is 0 Å². The molecule has 1 aliphatic carbocycles. The average molecular weight is 297 g/mol. The zero-order valence-electron chi connectivity index (χ0n) is 12.7. The lowest BCUT2D eigenvalue weighted by Gasteiger charge is -2.18. The number of amides is 1. The lowest BCUT2D eigenvalue weighted by atomic mass is 10.1. The number of benzene rings is 1. The summed E-state index contributed by atoms with van der Waals surface area (Å²) in [5.74, 6) is 0.520. The topological polar surface area (TPSA) is 65.5 Å². The highest BCUT2D eigenvalue weighted by atomic mass is 16.3. The molecule has 1 amide bonds. The van der Waals surface area contributed by atoms with E-state index in [2.05, 4.69) is 10.3 Å². The van der Waals surface area contributed by atoms with Crippen LogP contribution in [-0.2, 0) is 6.42 Å². The van der Waals surface area contributed by atoms with Gasteiger partial charge in [0.25, 0.3) is 5.91 Å². The molecule has 1 aliphatic rings. The number of pyridine rings is 1. The van der Waals surface area contributed by atoms with Gasteiger partial charge in [0, 0.05) is 32.3 Å². The van der Waals surface area contributed by atoms with E-state index in [1.54, 1.807) is 18.3 Å². The van der Waals surface area contributed by atoms with Gasteiger partial charge in [-0.1, -0.05) is 24.3 Å². The molecule has 2 N–H and O–H groups in total. The molecular weight excluding hydrogens is 278 g/mol. The predicted octanol–water partition coefficient (Wildman–Crippen LogP) is 1.54. The molecule has 0 spiro atoms. The molecule has 0 radical (unpaired) electrons. The van der Waals surface area contributed by atoms with E-state index in [1.807, 2.05) is 43.3 Å². The molecule has 0 aliphatic heterocycles. The van der Waals surface area contributed by atoms with Crippen LogP contribution in [0, 0.1) is 0 Å². The van der Waals surface area contributed by atoms with Crippen LogP contribution in [0.4, 0.5) is 5.82 Å². The van der Waals surface area contributed by atoms with Crippen molar-refractivity contribution >= 4 is 11.7 Å². The van der Waals surface area contributed by atoms with Crippen LogP contribution in [-0.4, -0.2) is 36.2 Å². The Bertz CT molecular complexity index is 700. The molecule has 1 aromatic carbocycles. The van der Waals surface area contributed by atoms with Crippen molar-refractivity contribution in [1.29, 1.82) is 0 Å². The molecule has 0 fully saturated rings. The largest absolute Gasteiger partial charge is 0.390 e. The number of aliphatic hydroxyl groups is 1. The van der Waals surface area contributed by atoms with Crippen molar-refractivity contribution in [3.63, 3.8) is 0 Å². The number of carbonyl (C=O) groups excluding carboxylic acids is 1. The Labute approximate surface area is 129 Å². The minimum absolute atomic E-state index is 0.203. The summed E-state index contributed by atoms with van der Waals surface area (Å²) in [7, 11) is 3.75. The predicted molar refractivity (Wildman–Crippen MR) is 84.9 cm³/mol. The van der Waals surface area contributed by atoms with Crippen molar-refractivity contribution in [2.45, 2.75) is 18.6 Å². The van der Waals surface area contributed by atoms with Crippen LogP contribution in [0.3, 0.4) is 0 Å². The van der Waals surface area contributed by atoms with E-state index < -0.39 is 6.10 Å². The summed E-state index contributed by atoms with van der Waals surface area (Å²) in [5, 5.41) is 13.1. The van der Waals surface area contributed by atoms with Crippen LogP contribution in [0.15, 0.2) is 42.6 Å². The smallest absolute Gasteiger partial charge is 0.252 e. The maximum Gasteiger partial charge on any atom is 0.252 e. The van der Waals surface area contributed by atoms with Crippen LogP contribution < -0.4 is 10.2 Å². The van der Waals surface area contributed by atoms with Crippen LogP contribution >= 0.6 is 0 Å². The van der Waals surface area contributed by atoms with Crippen molar-refractivity contribution in [2.75, 3.05) is 19.0 Å². The van der Waals surface area contributed by atoms with E-state index in [0.717, 1.165) is 16.9 Å². The first kappa shape index (κ1) is 14.5. The van der Waals surface area contributed by atoms with E-state index in [9.17, 15) is 9.90 Å². The Morgan fingerprint density at radius 2 is 2.09 bits per heavy atom. The molecule has 114 valence electrons. The number of fused-ring (bicyclic) bond motifs is 1. The van der Waals surface area contributed by atoms with Gasteiger partial charge in [0.05, 0.1) is 12.1 Å². The molecule has 3 rings (SSSR count). The number of aromatic nitrogens is 1. The van der Waals surface area contributed by atoms with Gasteiger partial charge < -0.3 is 15.3 Å². The summed E-state index contributed by atoms with van der Waals surface area (Å²) >= 11 is 0. The fourth-order valence-corrected chi connectivity index (χ4v) is 2.78. The maximum absolute atomic E-state index is 12.5. The molecule has 2 unspecified atom stereocenters. The molecule has 1 aromatic heterocycles. The van der Waals surface area contributed by atoms with Gasteiger partial charge in [-0.05, 0) is 23.3 Å². The molecule has 22 heavy (non-hydrogen) atoms. The number of hydrogen-bond acceptors (Lipinski definition) is 4. The fourth-order valence-electron chi connectivity index (χ4n) is 2.78. The number of nitrogens with zero attached hydrogens (tertiary/aromatic N) is 2. The van der Waals surface area contributed by atoms with Crippen molar-refractivity contribution in [1.82, 2.24) is 10.3 Å². The molecule has 0 saturated carbocycles. The van der Waals surface area contributed by atoms with Crippen LogP contribution in [0.1, 0.15) is 27.5 Å². The normalized spacial score (nSPS) is 19.6. The van der Waals surface area contributed by atoms with Gasteiger partial charge in [-0.3, -0.25) is 4.79 Å². The van der Waals surface area contributed by atoms with Crippen LogP contribution in [0.2, 0.25) is 0 Å². The molecule has 0 saturated heterocycles. The first-order valence-corrected chi connectivity index (χ1v) is 7.26. The zero-order valence-corrected chi connectivity index (χ0v) is 12.7. The number of nitrogens with one attached hydrogen (secondary N) is 1. The van der Waals surface area contributed by atoms with Gasteiger partial charge in [-0.25, -0.2) is 4.98 Å². The Balaban J connectivity index is 1.81. The number of carbonyl (C=O) groups is 1. The van der Waals surface area contributed by atoms with Gasteiger partial charge in [0.2, 0.25) is 0 Å². The number of aliphatic hydroxyl groups excluding tert-OH is 1. The zero-order chi connectivity index (χ0) is 15.7. The monoisotopic (exact) mass is 297 g/mol. The standard InChI is InChI=1S/C17H19N3O2/c1-20(2)15-10-12(7-8-18-15)17(22)19-16-13-6-4-3-5-11(13)9-14(16)21/h3-8,10,14,16,21H,9H2,1-2H3,(H,19,22). The van der Waals surface area contributed by atoms with Gasteiger partial charge in [0.1, 0.15) is 5.82 Å². The van der Waals surface area contributed by atoms with Crippen molar-refractivity contribution in [3.8, 4) is 0 Å². The van der Waals surface area contributed by atoms with Gasteiger partial charge in [-0.15, -0.1) is 0 Å². The third-order valence-corrected chi connectivity index (χ3v) is 3.96. The Morgan fingerprint density at radius 3 is 2.86 bits per heavy atom. The average Bonchev–Trinajstić information content (AvgIpc) is 2.83. The van der Waals surface area contributed by atoms with E-state index in [4.69, 9.17) is 0 Å². The third-order valence-electron chi connectivity index (χ3n) is 3.96. The first-order chi connectivity index (χ1) is 10.6. The van der Waals surface area contributed by atoms with Gasteiger partial charge in [-0.2, -0.15) is 0 Å². The summed E-state index contributed by atoms with van der Waals surface area (Å²) in [6.07, 6.45) is 1.60. The molecule has 5 nitrogen and oxygen atoms in total. The van der Waals surface area contributed by atoms with E-state index in [-0.39, 0.29) is 11.9 Å². The second kappa shape index (κ2) is 5.77. The highest BCUT2D eigenvalue weighted by molar-refractivity contribution is 5.95. The SMILES string of the molecule is CN(C)c1cc(C(=O)NC2c3ccccc3CC2O)ccn1. The Morgan fingerprint density at radius 1 is 1.32 bits per heavy atom. The summed E-state index contributed by atoms with van der Waals surface area (Å²) in [6.45, 7) is 0. The van der Waals surface area contributed by atoms with E-state index in [0.29, 0.717) is 12.0 Å². The second-order valence-corrected chi connectivity index (χ2v) is 5.72. The first-order valence-electron chi connectivity index (χ1n) is 7.26. The lowest BCUT2D eigenvalue weighted by Crippen LogP contribution is -2.34. The van der Waals surface area contributed by atoms with Gasteiger partial charge >= 0.3 is 0 Å². The minimum atomic E-state index is -0.587. The molecule has 1 heterocycles. The molecule has 2 atom stereocenters. The number of anilines is 1. The van der Waals surface area contributed by atoms with Gasteiger partial charge in [0.15, 0.2) is 0 Å². The van der Waals surface area contributed by atoms with Crippen molar-refractivity contribution in [3.05, 3.63) is 59.3 Å². The fraction of sp³-hybridized carbons (Fsp3) is 0.294. The second-order valence-electron chi connectivity index (χ2n) is 5.72. The highest BCUT2D eigenvalue weighted by Crippen LogP contribution is 2.31. The Hall–Kier alpha value is -2.40. The highest BCUT2D eigenvalue weighted by Gasteiger charge is 2.32. The number of rotatable bonds is 3. The summed E-state index contributed by atoms with van der Waals surface area (Å²) < 4.78 is 0. The van der Waals surface area contributed by atoms with E-state index in [1.165, 1.54) is 0 Å². The number of hydrogen-bond donors (Lipinski definition) is 2. The summed E-state index contributed by atoms with van der Waals surface area (Å²) in [6, 6.07) is 10.9. The molecule has 5 heteroatoms. The maximum atomic E-state index is 12.5. The van der Waals surface area contributed by atoms with Crippen LogP contribution in [0.25, 0.3) is 0 Å². The molecule has 0 bridgehead atoms. The third kappa shape index (κ3) is 2.67. The van der Waals surface area contributed by atoms with Crippen molar-refractivity contribution < 1.29 is 9.90 Å². The van der Waals surface area contributed by atoms with Crippen molar-refractivity contribution in [2.24, 2.45) is 0 Å². The molecule has 2 aromatic rings. The lowest BCUT2D eigenvalue weighted by molar-refractivity contribution is 0.0858. The summed E-state index contributed by atoms with van der Waals surface area (Å²) in [4.78, 5) is 18.5. The quantitative estimate of drug-likeness (QED) is 0.902.